The van der Waals surface area contributed by atoms with Crippen molar-refractivity contribution >= 4 is 11.7 Å². The van der Waals surface area contributed by atoms with Crippen molar-refractivity contribution in [2.24, 2.45) is 11.8 Å². The molecule has 6 nitrogen and oxygen atoms in total. The molecule has 2 N–H and O–H groups in total. The predicted octanol–water partition coefficient (Wildman–Crippen LogP) is 5.75. The largest absolute Gasteiger partial charge is 0.497 e. The molecule has 1 saturated carbocycles. The third-order valence-corrected chi connectivity index (χ3v) is 6.91. The summed E-state index contributed by atoms with van der Waals surface area (Å²) in [5, 5.41) is 13.1. The van der Waals surface area contributed by atoms with Gasteiger partial charge in [-0.3, -0.25) is 9.59 Å². The SMILES string of the molecule is CCCCC[C@H](O)/C=C/[C@H]1CCC(=O)[C@@H]1CCCCCCC(=O)NCc1cc(OC)cc(OC)c1. The van der Waals surface area contributed by atoms with Gasteiger partial charge >= 0.3 is 0 Å². The molecule has 196 valence electrons. The van der Waals surface area contributed by atoms with Crippen LogP contribution in [0, 0.1) is 11.8 Å². The Labute approximate surface area is 211 Å². The van der Waals surface area contributed by atoms with Gasteiger partial charge < -0.3 is 19.9 Å². The number of rotatable bonds is 17. The number of aliphatic hydroxyl groups excluding tert-OH is 1. The Morgan fingerprint density at radius 2 is 1.80 bits per heavy atom. The summed E-state index contributed by atoms with van der Waals surface area (Å²) >= 11 is 0. The Kier molecular flexibility index (Phi) is 13.5. The number of methoxy groups -OCH3 is 2. The van der Waals surface area contributed by atoms with Crippen LogP contribution < -0.4 is 14.8 Å². The minimum absolute atomic E-state index is 0.0421. The summed E-state index contributed by atoms with van der Waals surface area (Å²) in [7, 11) is 3.22. The van der Waals surface area contributed by atoms with Crippen LogP contribution in [0.25, 0.3) is 0 Å². The number of aliphatic hydroxyl groups is 1. The normalized spacial score (nSPS) is 18.7. The van der Waals surface area contributed by atoms with Gasteiger partial charge in [-0.1, -0.05) is 57.6 Å². The van der Waals surface area contributed by atoms with Crippen LogP contribution >= 0.6 is 0 Å². The van der Waals surface area contributed by atoms with E-state index in [1.54, 1.807) is 20.3 Å². The van der Waals surface area contributed by atoms with Gasteiger partial charge in [0, 0.05) is 31.4 Å². The fourth-order valence-corrected chi connectivity index (χ4v) is 4.77. The Morgan fingerprint density at radius 1 is 1.09 bits per heavy atom. The van der Waals surface area contributed by atoms with Crippen LogP contribution in [0.5, 0.6) is 11.5 Å². The van der Waals surface area contributed by atoms with Crippen molar-refractivity contribution in [1.29, 1.82) is 0 Å². The minimum Gasteiger partial charge on any atom is -0.497 e. The first-order chi connectivity index (χ1) is 17.0. The van der Waals surface area contributed by atoms with Gasteiger partial charge in [0.1, 0.15) is 17.3 Å². The molecular formula is C29H45NO5. The van der Waals surface area contributed by atoms with Crippen molar-refractivity contribution in [2.45, 2.75) is 96.6 Å². The lowest BCUT2D eigenvalue weighted by molar-refractivity contribution is -0.122. The van der Waals surface area contributed by atoms with E-state index in [0.717, 1.165) is 69.8 Å². The number of nitrogens with one attached hydrogen (secondary N) is 1. The van der Waals surface area contributed by atoms with Crippen LogP contribution in [0.15, 0.2) is 30.4 Å². The number of carbonyl (C=O) groups excluding carboxylic acids is 2. The van der Waals surface area contributed by atoms with Crippen molar-refractivity contribution in [3.63, 3.8) is 0 Å². The number of carbonyl (C=O) groups is 2. The summed E-state index contributed by atoms with van der Waals surface area (Å²) in [6.07, 6.45) is 14.6. The molecule has 0 aliphatic heterocycles. The molecule has 1 aliphatic carbocycles. The molecule has 1 aromatic rings. The number of ketones is 1. The molecule has 1 fully saturated rings. The fraction of sp³-hybridized carbons (Fsp3) is 0.655. The Hall–Kier alpha value is -2.34. The smallest absolute Gasteiger partial charge is 0.220 e. The third-order valence-electron chi connectivity index (χ3n) is 6.91. The molecule has 0 heterocycles. The lowest BCUT2D eigenvalue weighted by atomic mass is 9.89. The maximum Gasteiger partial charge on any atom is 0.220 e. The standard InChI is InChI=1S/C29H45NO5/c1-4-5-8-11-24(31)16-14-23-15-17-28(32)27(23)12-9-6-7-10-13-29(33)30-21-22-18-25(34-2)20-26(19-22)35-3/h14,16,18-20,23-24,27,31H,4-13,15,17,21H2,1-3H3,(H,30,33)/b16-14+/t23-,24-,27+/m0/s1. The number of hydrogen-bond acceptors (Lipinski definition) is 5. The van der Waals surface area contributed by atoms with E-state index in [2.05, 4.69) is 18.3 Å². The molecule has 1 amide bonds. The van der Waals surface area contributed by atoms with E-state index >= 15 is 0 Å². The number of Topliss-reactive ketones (excluding diaryl/α,β-unsaturated/α-hetero) is 1. The molecule has 35 heavy (non-hydrogen) atoms. The van der Waals surface area contributed by atoms with Crippen LogP contribution in [0.3, 0.4) is 0 Å². The summed E-state index contributed by atoms with van der Waals surface area (Å²) in [4.78, 5) is 24.6. The van der Waals surface area contributed by atoms with Crippen LogP contribution in [0.1, 0.15) is 89.5 Å². The highest BCUT2D eigenvalue weighted by Crippen LogP contribution is 2.34. The van der Waals surface area contributed by atoms with Crippen LogP contribution in [-0.2, 0) is 16.1 Å². The molecule has 0 aromatic heterocycles. The maximum absolute atomic E-state index is 12.4. The van der Waals surface area contributed by atoms with E-state index in [1.165, 1.54) is 0 Å². The Bertz CT molecular complexity index is 784. The Morgan fingerprint density at radius 3 is 2.49 bits per heavy atom. The van der Waals surface area contributed by atoms with E-state index in [-0.39, 0.29) is 17.7 Å². The molecule has 0 radical (unpaired) electrons. The first-order valence-corrected chi connectivity index (χ1v) is 13.3. The number of ether oxygens (including phenoxy) is 2. The molecule has 1 aromatic carbocycles. The molecule has 2 rings (SSSR count). The molecule has 0 spiro atoms. The highest BCUT2D eigenvalue weighted by Gasteiger charge is 2.32. The van der Waals surface area contributed by atoms with Crippen molar-refractivity contribution in [2.75, 3.05) is 14.2 Å². The first-order valence-electron chi connectivity index (χ1n) is 13.3. The van der Waals surface area contributed by atoms with E-state index in [0.29, 0.717) is 36.7 Å². The van der Waals surface area contributed by atoms with Crippen LogP contribution in [0.2, 0.25) is 0 Å². The zero-order valence-corrected chi connectivity index (χ0v) is 21.9. The fourth-order valence-electron chi connectivity index (χ4n) is 4.77. The summed E-state index contributed by atoms with van der Waals surface area (Å²) in [5.41, 5.74) is 0.938. The van der Waals surface area contributed by atoms with E-state index < -0.39 is 6.10 Å². The van der Waals surface area contributed by atoms with Gasteiger partial charge in [-0.25, -0.2) is 0 Å². The lowest BCUT2D eigenvalue weighted by Gasteiger charge is -2.15. The van der Waals surface area contributed by atoms with Crippen molar-refractivity contribution in [3.8, 4) is 11.5 Å². The number of allylic oxidation sites excluding steroid dienone is 1. The number of unbranched alkanes of at least 4 members (excludes halogenated alkanes) is 5. The maximum atomic E-state index is 12.4. The lowest BCUT2D eigenvalue weighted by Crippen LogP contribution is -2.22. The molecule has 3 atom stereocenters. The van der Waals surface area contributed by atoms with Gasteiger partial charge in [-0.2, -0.15) is 0 Å². The summed E-state index contributed by atoms with van der Waals surface area (Å²) < 4.78 is 10.5. The number of amides is 1. The van der Waals surface area contributed by atoms with Gasteiger partial charge in [-0.15, -0.1) is 0 Å². The number of benzene rings is 1. The van der Waals surface area contributed by atoms with Gasteiger partial charge in [-0.05, 0) is 49.3 Å². The van der Waals surface area contributed by atoms with Gasteiger partial charge in [0.15, 0.2) is 0 Å². The van der Waals surface area contributed by atoms with Crippen LogP contribution in [-0.4, -0.2) is 37.1 Å². The topological polar surface area (TPSA) is 84.9 Å². The third kappa shape index (κ3) is 10.9. The first kappa shape index (κ1) is 28.9. The number of hydrogen-bond donors (Lipinski definition) is 2. The van der Waals surface area contributed by atoms with Crippen molar-refractivity contribution in [1.82, 2.24) is 5.32 Å². The van der Waals surface area contributed by atoms with E-state index in [1.807, 2.05) is 18.2 Å². The summed E-state index contributed by atoms with van der Waals surface area (Å²) in [5.74, 6) is 2.18. The van der Waals surface area contributed by atoms with Gasteiger partial charge in [0.25, 0.3) is 0 Å². The molecule has 0 saturated heterocycles. The molecule has 0 unspecified atom stereocenters. The highest BCUT2D eigenvalue weighted by molar-refractivity contribution is 5.83. The molecular weight excluding hydrogens is 442 g/mol. The second-order valence-corrected chi connectivity index (χ2v) is 9.67. The summed E-state index contributed by atoms with van der Waals surface area (Å²) in [6, 6.07) is 5.59. The molecule has 0 bridgehead atoms. The van der Waals surface area contributed by atoms with Crippen molar-refractivity contribution in [3.05, 3.63) is 35.9 Å². The van der Waals surface area contributed by atoms with Gasteiger partial charge in [0.2, 0.25) is 5.91 Å². The second kappa shape index (κ2) is 16.4. The quantitative estimate of drug-likeness (QED) is 0.216. The molecule has 6 heteroatoms. The average Bonchev–Trinajstić information content (AvgIpc) is 3.22. The monoisotopic (exact) mass is 487 g/mol. The van der Waals surface area contributed by atoms with Crippen LogP contribution in [0.4, 0.5) is 0 Å². The minimum atomic E-state index is -0.394. The van der Waals surface area contributed by atoms with E-state index in [9.17, 15) is 14.7 Å². The zero-order valence-electron chi connectivity index (χ0n) is 21.9. The second-order valence-electron chi connectivity index (χ2n) is 9.67. The van der Waals surface area contributed by atoms with E-state index in [4.69, 9.17) is 9.47 Å². The average molecular weight is 488 g/mol. The Balaban J connectivity index is 1.62. The molecule has 1 aliphatic rings. The summed E-state index contributed by atoms with van der Waals surface area (Å²) in [6.45, 7) is 2.60. The van der Waals surface area contributed by atoms with Gasteiger partial charge in [0.05, 0.1) is 20.3 Å². The predicted molar refractivity (Wildman–Crippen MR) is 140 cm³/mol. The van der Waals surface area contributed by atoms with Crippen molar-refractivity contribution < 1.29 is 24.2 Å². The highest BCUT2D eigenvalue weighted by atomic mass is 16.5. The zero-order chi connectivity index (χ0) is 25.5.